The van der Waals surface area contributed by atoms with Crippen molar-refractivity contribution >= 4 is 23.8 Å². The molecule has 0 aliphatic rings. The molecule has 26 heavy (non-hydrogen) atoms. The zero-order valence-electron chi connectivity index (χ0n) is 15.4. The van der Waals surface area contributed by atoms with Crippen LogP contribution in [0.4, 0.5) is 0 Å². The number of aryl methyl sites for hydroxylation is 2. The van der Waals surface area contributed by atoms with Gasteiger partial charge in [-0.1, -0.05) is 24.1 Å². The highest BCUT2D eigenvalue weighted by molar-refractivity contribution is 5.99. The number of carboxylic acids is 1. The molecule has 2 N–H and O–H groups in total. The molecule has 0 saturated heterocycles. The smallest absolute Gasteiger partial charge is 0.326 e. The predicted octanol–water partition coefficient (Wildman–Crippen LogP) is 1.08. The Morgan fingerprint density at radius 2 is 1.42 bits per heavy atom. The fourth-order valence-electron chi connectivity index (χ4n) is 2.72. The fourth-order valence-corrected chi connectivity index (χ4v) is 2.72. The number of amides is 1. The van der Waals surface area contributed by atoms with Crippen LogP contribution in [0.1, 0.15) is 28.4 Å². The Labute approximate surface area is 151 Å². The molecule has 0 radical (unpaired) electrons. The topological polar surface area (TPSA) is 119 Å². The number of nitrogens with one attached hydrogen (secondary N) is 1. The molecule has 0 fully saturated rings. The first-order valence-corrected chi connectivity index (χ1v) is 7.90. The van der Waals surface area contributed by atoms with E-state index in [1.807, 2.05) is 19.9 Å². The molecule has 142 valence electrons. The van der Waals surface area contributed by atoms with E-state index in [1.165, 1.54) is 6.92 Å². The van der Waals surface area contributed by atoms with E-state index >= 15 is 0 Å². The summed E-state index contributed by atoms with van der Waals surface area (Å²) in [7, 11) is 2.16. The van der Waals surface area contributed by atoms with E-state index in [0.29, 0.717) is 0 Å². The Morgan fingerprint density at radius 3 is 1.81 bits per heavy atom. The first-order chi connectivity index (χ1) is 12.1. The maximum Gasteiger partial charge on any atom is 0.326 e. The molecular weight excluding hydrogens is 342 g/mol. The summed E-state index contributed by atoms with van der Waals surface area (Å²) in [5, 5.41) is 11.9. The van der Waals surface area contributed by atoms with Crippen LogP contribution in [0.25, 0.3) is 0 Å². The molecule has 0 saturated carbocycles. The number of methoxy groups -OCH3 is 2. The first kappa shape index (κ1) is 21.1. The van der Waals surface area contributed by atoms with Crippen LogP contribution in [-0.4, -0.2) is 49.2 Å². The van der Waals surface area contributed by atoms with Crippen molar-refractivity contribution in [3.63, 3.8) is 0 Å². The third-order valence-corrected chi connectivity index (χ3v) is 4.00. The number of hydrogen-bond acceptors (Lipinski definition) is 6. The van der Waals surface area contributed by atoms with E-state index in [2.05, 4.69) is 14.8 Å². The number of hydrogen-bond donors (Lipinski definition) is 2. The maximum atomic E-state index is 12.5. The Kier molecular flexibility index (Phi) is 7.30. The third kappa shape index (κ3) is 5.05. The minimum Gasteiger partial charge on any atom is -0.480 e. The van der Waals surface area contributed by atoms with Crippen molar-refractivity contribution in [2.75, 3.05) is 14.2 Å². The zero-order valence-corrected chi connectivity index (χ0v) is 15.4. The van der Waals surface area contributed by atoms with Gasteiger partial charge in [0.2, 0.25) is 0 Å². The molecule has 0 spiro atoms. The lowest BCUT2D eigenvalue weighted by Gasteiger charge is -2.26. The summed E-state index contributed by atoms with van der Waals surface area (Å²) < 4.78 is 9.12. The largest absolute Gasteiger partial charge is 0.480 e. The third-order valence-electron chi connectivity index (χ3n) is 4.00. The monoisotopic (exact) mass is 365 g/mol. The highest BCUT2D eigenvalue weighted by Crippen LogP contribution is 2.20. The molecule has 1 rings (SSSR count). The molecule has 1 amide bonds. The summed E-state index contributed by atoms with van der Waals surface area (Å²) in [6, 6.07) is 3.61. The minimum atomic E-state index is -1.49. The van der Waals surface area contributed by atoms with Crippen molar-refractivity contribution in [2.45, 2.75) is 26.8 Å². The van der Waals surface area contributed by atoms with Crippen molar-refractivity contribution in [3.05, 3.63) is 34.9 Å². The van der Waals surface area contributed by atoms with E-state index in [1.54, 1.807) is 12.1 Å². The van der Waals surface area contributed by atoms with Gasteiger partial charge in [0.1, 0.15) is 6.04 Å². The van der Waals surface area contributed by atoms with Gasteiger partial charge in [0.25, 0.3) is 5.91 Å². The van der Waals surface area contributed by atoms with Gasteiger partial charge in [-0.05, 0) is 26.0 Å². The number of esters is 2. The molecule has 2 atom stereocenters. The summed E-state index contributed by atoms with van der Waals surface area (Å²) in [6.45, 7) is 4.98. The molecule has 0 unspecified atom stereocenters. The summed E-state index contributed by atoms with van der Waals surface area (Å²) in [6.07, 6.45) is 0. The van der Waals surface area contributed by atoms with Gasteiger partial charge in [0.15, 0.2) is 5.92 Å². The second-order valence-electron chi connectivity index (χ2n) is 6.05. The standard InChI is InChI=1S/C18H23NO7/c1-9-6-10(2)8-12(7-9)15(20)19-14(16(21)22)11(3)13(17(23)25-4)18(24)26-5/h6-8,11,13-14H,1-5H3,(H,19,20)(H,21,22)/t11-,14+/m1/s1. The number of carbonyl (C=O) groups excluding carboxylic acids is 3. The van der Waals surface area contributed by atoms with Crippen LogP contribution in [0, 0.1) is 25.7 Å². The molecule has 0 aromatic heterocycles. The van der Waals surface area contributed by atoms with Crippen molar-refractivity contribution in [1.82, 2.24) is 5.32 Å². The number of rotatable bonds is 7. The average molecular weight is 365 g/mol. The maximum absolute atomic E-state index is 12.5. The minimum absolute atomic E-state index is 0.286. The molecule has 0 bridgehead atoms. The molecule has 0 heterocycles. The van der Waals surface area contributed by atoms with Crippen LogP contribution in [0.15, 0.2) is 18.2 Å². The van der Waals surface area contributed by atoms with Crippen LogP contribution in [0.2, 0.25) is 0 Å². The summed E-state index contributed by atoms with van der Waals surface area (Å²) >= 11 is 0. The van der Waals surface area contributed by atoms with Gasteiger partial charge in [-0.2, -0.15) is 0 Å². The Bertz CT molecular complexity index is 677. The normalized spacial score (nSPS) is 12.8. The fraction of sp³-hybridized carbons (Fsp3) is 0.444. The van der Waals surface area contributed by atoms with Crippen molar-refractivity contribution < 1.29 is 33.8 Å². The van der Waals surface area contributed by atoms with Gasteiger partial charge >= 0.3 is 17.9 Å². The number of carboxylic acid groups (broad SMARTS) is 1. The van der Waals surface area contributed by atoms with Crippen LogP contribution in [0.3, 0.4) is 0 Å². The predicted molar refractivity (Wildman–Crippen MR) is 91.5 cm³/mol. The quantitative estimate of drug-likeness (QED) is 0.548. The molecule has 0 aliphatic carbocycles. The van der Waals surface area contributed by atoms with Crippen LogP contribution in [-0.2, 0) is 23.9 Å². The molecular formula is C18H23NO7. The lowest BCUT2D eigenvalue weighted by Crippen LogP contribution is -2.50. The number of aliphatic carboxylic acids is 1. The van der Waals surface area contributed by atoms with Crippen molar-refractivity contribution in [1.29, 1.82) is 0 Å². The number of ether oxygens (including phenoxy) is 2. The van der Waals surface area contributed by atoms with Crippen LogP contribution in [0.5, 0.6) is 0 Å². The molecule has 1 aromatic rings. The summed E-state index contributed by atoms with van der Waals surface area (Å²) in [5.41, 5.74) is 1.97. The first-order valence-electron chi connectivity index (χ1n) is 7.90. The van der Waals surface area contributed by atoms with E-state index in [4.69, 9.17) is 0 Å². The lowest BCUT2D eigenvalue weighted by atomic mass is 9.87. The number of benzene rings is 1. The summed E-state index contributed by atoms with van der Waals surface area (Å²) in [4.78, 5) is 47.9. The van der Waals surface area contributed by atoms with Crippen LogP contribution < -0.4 is 5.32 Å². The highest BCUT2D eigenvalue weighted by Gasteiger charge is 2.42. The average Bonchev–Trinajstić information content (AvgIpc) is 2.57. The molecule has 8 heteroatoms. The molecule has 1 aromatic carbocycles. The van der Waals surface area contributed by atoms with Gasteiger partial charge in [-0.25, -0.2) is 4.79 Å². The van der Waals surface area contributed by atoms with Crippen LogP contribution >= 0.6 is 0 Å². The lowest BCUT2D eigenvalue weighted by molar-refractivity contribution is -0.162. The van der Waals surface area contributed by atoms with E-state index in [0.717, 1.165) is 25.3 Å². The molecule has 0 aliphatic heterocycles. The van der Waals surface area contributed by atoms with Crippen molar-refractivity contribution in [2.24, 2.45) is 11.8 Å². The van der Waals surface area contributed by atoms with Gasteiger partial charge in [-0.15, -0.1) is 0 Å². The molecule has 8 nitrogen and oxygen atoms in total. The van der Waals surface area contributed by atoms with Gasteiger partial charge in [0.05, 0.1) is 14.2 Å². The Balaban J connectivity index is 3.13. The second-order valence-corrected chi connectivity index (χ2v) is 6.05. The van der Waals surface area contributed by atoms with Crippen molar-refractivity contribution in [3.8, 4) is 0 Å². The van der Waals surface area contributed by atoms with Gasteiger partial charge in [-0.3, -0.25) is 14.4 Å². The second kappa shape index (κ2) is 8.98. The summed E-state index contributed by atoms with van der Waals surface area (Å²) in [5.74, 6) is -6.45. The van der Waals surface area contributed by atoms with E-state index in [-0.39, 0.29) is 5.56 Å². The SMILES string of the molecule is COC(=O)C(C(=O)OC)[C@@H](C)[C@H](NC(=O)c1cc(C)cc(C)c1)C(=O)O. The van der Waals surface area contributed by atoms with E-state index < -0.39 is 41.7 Å². The Morgan fingerprint density at radius 1 is 0.962 bits per heavy atom. The highest BCUT2D eigenvalue weighted by atomic mass is 16.5. The van der Waals surface area contributed by atoms with E-state index in [9.17, 15) is 24.3 Å². The zero-order chi connectivity index (χ0) is 20.0. The van der Waals surface area contributed by atoms with Gasteiger partial charge < -0.3 is 19.9 Å². The number of carbonyl (C=O) groups is 4. The van der Waals surface area contributed by atoms with Gasteiger partial charge in [0, 0.05) is 11.5 Å². The Hall–Kier alpha value is -2.90.